The molecule has 2 heterocycles. The van der Waals surface area contributed by atoms with Crippen LogP contribution in [0.5, 0.6) is 0 Å². The first kappa shape index (κ1) is 9.98. The minimum Gasteiger partial charge on any atom is -0.288 e. The number of nitrogens with zero attached hydrogens (tertiary/aromatic N) is 1. The first-order valence-corrected chi connectivity index (χ1v) is 5.26. The zero-order valence-electron chi connectivity index (χ0n) is 8.03. The van der Waals surface area contributed by atoms with E-state index in [1.165, 1.54) is 23.6 Å². The molecule has 0 bridgehead atoms. The molecule has 15 heavy (non-hydrogen) atoms. The second-order valence-electron chi connectivity index (χ2n) is 3.13. The van der Waals surface area contributed by atoms with Crippen LogP contribution in [0.15, 0.2) is 29.9 Å². The van der Waals surface area contributed by atoms with Crippen LogP contribution < -0.4 is 0 Å². The maximum Gasteiger partial charge on any atom is 0.196 e. The Morgan fingerprint density at radius 3 is 2.93 bits per heavy atom. The Hall–Kier alpha value is -1.55. The van der Waals surface area contributed by atoms with E-state index in [1.54, 1.807) is 11.4 Å². The van der Waals surface area contributed by atoms with Crippen molar-refractivity contribution in [2.45, 2.75) is 6.92 Å². The van der Waals surface area contributed by atoms with Crippen molar-refractivity contribution in [1.82, 2.24) is 4.98 Å². The van der Waals surface area contributed by atoms with Gasteiger partial charge in [-0.2, -0.15) is 0 Å². The van der Waals surface area contributed by atoms with Crippen LogP contribution in [0.3, 0.4) is 0 Å². The van der Waals surface area contributed by atoms with Crippen LogP contribution in [0, 0.1) is 12.7 Å². The van der Waals surface area contributed by atoms with E-state index < -0.39 is 5.82 Å². The molecule has 0 saturated heterocycles. The molecule has 2 rings (SSSR count). The van der Waals surface area contributed by atoms with Gasteiger partial charge in [0.25, 0.3) is 0 Å². The standard InChI is InChI=1S/C11H8FNOS/c1-7-4-8(6-15-7)11(14)9-2-3-13-5-10(9)12/h2-6H,1H3. The number of aromatic nitrogens is 1. The molecule has 0 fully saturated rings. The molecule has 2 aromatic rings. The molecular formula is C11H8FNOS. The predicted molar refractivity (Wildman–Crippen MR) is 56.7 cm³/mol. The van der Waals surface area contributed by atoms with E-state index in [9.17, 15) is 9.18 Å². The molecule has 76 valence electrons. The van der Waals surface area contributed by atoms with E-state index in [2.05, 4.69) is 4.98 Å². The lowest BCUT2D eigenvalue weighted by molar-refractivity contribution is 0.103. The number of ketones is 1. The molecule has 0 N–H and O–H groups in total. The molecule has 0 aromatic carbocycles. The summed E-state index contributed by atoms with van der Waals surface area (Å²) < 4.78 is 13.3. The van der Waals surface area contributed by atoms with Crippen LogP contribution in [0.4, 0.5) is 4.39 Å². The van der Waals surface area contributed by atoms with Crippen molar-refractivity contribution in [3.63, 3.8) is 0 Å². The van der Waals surface area contributed by atoms with Gasteiger partial charge in [-0.15, -0.1) is 11.3 Å². The third-order valence-corrected chi connectivity index (χ3v) is 2.87. The highest BCUT2D eigenvalue weighted by Gasteiger charge is 2.14. The number of aryl methyl sites for hydroxylation is 1. The molecule has 0 unspecified atom stereocenters. The van der Waals surface area contributed by atoms with Gasteiger partial charge in [-0.05, 0) is 19.1 Å². The lowest BCUT2D eigenvalue weighted by atomic mass is 10.1. The second kappa shape index (κ2) is 3.90. The molecule has 0 radical (unpaired) electrons. The molecule has 0 amide bonds. The van der Waals surface area contributed by atoms with Crippen molar-refractivity contribution < 1.29 is 9.18 Å². The molecule has 0 aliphatic carbocycles. The summed E-state index contributed by atoms with van der Waals surface area (Å²) in [6.45, 7) is 1.91. The summed E-state index contributed by atoms with van der Waals surface area (Å²) in [6, 6.07) is 3.15. The molecule has 0 aliphatic rings. The van der Waals surface area contributed by atoms with Gasteiger partial charge < -0.3 is 0 Å². The summed E-state index contributed by atoms with van der Waals surface area (Å²) in [5, 5.41) is 1.73. The lowest BCUT2D eigenvalue weighted by Gasteiger charge is -1.98. The highest BCUT2D eigenvalue weighted by Crippen LogP contribution is 2.18. The quantitative estimate of drug-likeness (QED) is 0.730. The smallest absolute Gasteiger partial charge is 0.196 e. The molecule has 2 nitrogen and oxygen atoms in total. The van der Waals surface area contributed by atoms with Gasteiger partial charge in [0, 0.05) is 22.0 Å². The number of thiophene rings is 1. The van der Waals surface area contributed by atoms with Gasteiger partial charge in [0.05, 0.1) is 11.8 Å². The number of hydrogen-bond acceptors (Lipinski definition) is 3. The maximum absolute atomic E-state index is 13.3. The number of hydrogen-bond donors (Lipinski definition) is 0. The zero-order valence-corrected chi connectivity index (χ0v) is 8.84. The third kappa shape index (κ3) is 1.94. The maximum atomic E-state index is 13.3. The zero-order chi connectivity index (χ0) is 10.8. The van der Waals surface area contributed by atoms with Gasteiger partial charge in [0.1, 0.15) is 0 Å². The highest BCUT2D eigenvalue weighted by molar-refractivity contribution is 7.10. The average molecular weight is 221 g/mol. The fraction of sp³-hybridized carbons (Fsp3) is 0.0909. The van der Waals surface area contributed by atoms with Crippen molar-refractivity contribution in [1.29, 1.82) is 0 Å². The monoisotopic (exact) mass is 221 g/mol. The lowest BCUT2D eigenvalue weighted by Crippen LogP contribution is -2.03. The minimum absolute atomic E-state index is 0.0720. The number of carbonyl (C=O) groups is 1. The van der Waals surface area contributed by atoms with Crippen LogP contribution in [0.2, 0.25) is 0 Å². The average Bonchev–Trinajstić information content (AvgIpc) is 2.65. The first-order valence-electron chi connectivity index (χ1n) is 4.38. The summed E-state index contributed by atoms with van der Waals surface area (Å²) in [6.07, 6.45) is 2.46. The fourth-order valence-electron chi connectivity index (χ4n) is 1.28. The van der Waals surface area contributed by atoms with Crippen LogP contribution in [0.1, 0.15) is 20.8 Å². The van der Waals surface area contributed by atoms with Crippen LogP contribution >= 0.6 is 11.3 Å². The second-order valence-corrected chi connectivity index (χ2v) is 4.25. The Morgan fingerprint density at radius 1 is 1.53 bits per heavy atom. The first-order chi connectivity index (χ1) is 7.18. The molecule has 0 aliphatic heterocycles. The van der Waals surface area contributed by atoms with Gasteiger partial charge in [-0.1, -0.05) is 0 Å². The van der Waals surface area contributed by atoms with Gasteiger partial charge >= 0.3 is 0 Å². The third-order valence-electron chi connectivity index (χ3n) is 2.01. The van der Waals surface area contributed by atoms with E-state index in [4.69, 9.17) is 0 Å². The van der Waals surface area contributed by atoms with E-state index in [-0.39, 0.29) is 11.3 Å². The van der Waals surface area contributed by atoms with Crippen LogP contribution in [-0.4, -0.2) is 10.8 Å². The number of pyridine rings is 1. The molecule has 4 heteroatoms. The Balaban J connectivity index is 2.41. The number of halogens is 1. The fourth-order valence-corrected chi connectivity index (χ4v) is 1.96. The van der Waals surface area contributed by atoms with E-state index in [0.717, 1.165) is 11.1 Å². The van der Waals surface area contributed by atoms with E-state index >= 15 is 0 Å². The van der Waals surface area contributed by atoms with Crippen molar-refractivity contribution in [3.8, 4) is 0 Å². The summed E-state index contributed by atoms with van der Waals surface area (Å²) in [4.78, 5) is 16.5. The van der Waals surface area contributed by atoms with E-state index in [0.29, 0.717) is 5.56 Å². The SMILES string of the molecule is Cc1cc(C(=O)c2ccncc2F)cs1. The summed E-state index contributed by atoms with van der Waals surface area (Å²) in [5.41, 5.74) is 0.602. The molecule has 0 atom stereocenters. The van der Waals surface area contributed by atoms with Crippen molar-refractivity contribution in [2.24, 2.45) is 0 Å². The Bertz CT molecular complexity index is 507. The largest absolute Gasteiger partial charge is 0.288 e. The van der Waals surface area contributed by atoms with Crippen molar-refractivity contribution in [2.75, 3.05) is 0 Å². The molecule has 0 spiro atoms. The van der Waals surface area contributed by atoms with E-state index in [1.807, 2.05) is 6.92 Å². The predicted octanol–water partition coefficient (Wildman–Crippen LogP) is 2.82. The van der Waals surface area contributed by atoms with Crippen LogP contribution in [0.25, 0.3) is 0 Å². The van der Waals surface area contributed by atoms with Gasteiger partial charge in [-0.25, -0.2) is 4.39 Å². The van der Waals surface area contributed by atoms with Crippen LogP contribution in [-0.2, 0) is 0 Å². The van der Waals surface area contributed by atoms with Gasteiger partial charge in [-0.3, -0.25) is 9.78 Å². The van der Waals surface area contributed by atoms with Crippen molar-refractivity contribution in [3.05, 3.63) is 51.7 Å². The summed E-state index contributed by atoms with van der Waals surface area (Å²) in [5.74, 6) is -0.870. The summed E-state index contributed by atoms with van der Waals surface area (Å²) in [7, 11) is 0. The summed E-state index contributed by atoms with van der Waals surface area (Å²) >= 11 is 1.47. The normalized spacial score (nSPS) is 10.3. The highest BCUT2D eigenvalue weighted by atomic mass is 32.1. The Kier molecular flexibility index (Phi) is 2.60. The topological polar surface area (TPSA) is 30.0 Å². The van der Waals surface area contributed by atoms with Crippen molar-refractivity contribution >= 4 is 17.1 Å². The van der Waals surface area contributed by atoms with Gasteiger partial charge in [0.15, 0.2) is 11.6 Å². The number of rotatable bonds is 2. The molecular weight excluding hydrogens is 213 g/mol. The number of carbonyl (C=O) groups excluding carboxylic acids is 1. The molecule has 0 saturated carbocycles. The minimum atomic E-state index is -0.577. The Labute approximate surface area is 90.4 Å². The molecule has 2 aromatic heterocycles. The van der Waals surface area contributed by atoms with Gasteiger partial charge in [0.2, 0.25) is 0 Å². The Morgan fingerprint density at radius 2 is 2.33 bits per heavy atom.